The maximum atomic E-state index is 14.4. The van der Waals surface area contributed by atoms with Gasteiger partial charge in [0.15, 0.2) is 0 Å². The number of nitrogens with one attached hydrogen (secondary N) is 1. The molecule has 0 aliphatic carbocycles. The van der Waals surface area contributed by atoms with Crippen molar-refractivity contribution in [3.05, 3.63) is 118 Å². The molecule has 0 aromatic heterocycles. The maximum absolute atomic E-state index is 14.4. The molecule has 2 atom stereocenters. The van der Waals surface area contributed by atoms with Gasteiger partial charge in [-0.15, -0.1) is 12.8 Å². The molecule has 0 fully saturated rings. The Morgan fingerprint density at radius 2 is 0.966 bits per heavy atom. The molecule has 1 N–H and O–H groups in total. The van der Waals surface area contributed by atoms with E-state index < -0.39 is 32.6 Å². The Balaban J connectivity index is 0.00000149. The standard InChI is InChI=1S/C31H36N2O7S.C28H32N2O5S.C3H5BrO2.CH2O3.2K.H/c1-9-16-32(21(3)18-29(34)39-7)26-14-15-27(25-13-11-10-12-24(25)26)33(19-30(35)40-8)41(36,37)31-20(2)17-28(38-6)22(4)23(31)5;1-8-15-30(19(3)17-27(31)35-7)25-14-13-24(22-11-9-10-12-23(22)25)29-36(32,33)28-18(2)16-26(34-6)20(4)21(28)5;1-6-3(5)2-4;2-1-4-3;;;/h1,10-15,17,21H,16,18-19H2,2-8H3;1,9-14,16,19,29H,15,17H2,2-7H3;2H2,1H3;1,3H;;;/q;;;;2*+1;-1/p-1/t21-;19-;;;;;/m00...../s1. The van der Waals surface area contributed by atoms with Crippen molar-refractivity contribution in [3.63, 3.8) is 0 Å². The van der Waals surface area contributed by atoms with Crippen molar-refractivity contribution in [3.8, 4) is 36.2 Å². The van der Waals surface area contributed by atoms with Gasteiger partial charge in [-0.2, -0.15) is 0 Å². The van der Waals surface area contributed by atoms with Crippen LogP contribution in [0.2, 0.25) is 0 Å². The number of carbonyl (C=O) groups excluding carboxylic acids is 5. The molecule has 0 aliphatic heterocycles. The van der Waals surface area contributed by atoms with Gasteiger partial charge in [0, 0.05) is 45.0 Å². The molecule has 0 heterocycles. The van der Waals surface area contributed by atoms with Crippen LogP contribution < -0.4 is 136 Å². The molecular weight excluding hydrogens is 1310 g/mol. The summed E-state index contributed by atoms with van der Waals surface area (Å²) in [5.41, 5.74) is 5.94. The number of anilines is 4. The molecule has 0 saturated heterocycles. The van der Waals surface area contributed by atoms with Crippen molar-refractivity contribution in [1.82, 2.24) is 0 Å². The zero-order chi connectivity index (χ0) is 65.5. The number of sulfonamides is 2. The van der Waals surface area contributed by atoms with E-state index in [4.69, 9.17) is 46.6 Å². The summed E-state index contributed by atoms with van der Waals surface area (Å²) in [5.74, 6) is 4.85. The van der Waals surface area contributed by atoms with Crippen LogP contribution in [0.15, 0.2) is 94.7 Å². The van der Waals surface area contributed by atoms with Crippen LogP contribution in [0.25, 0.3) is 21.5 Å². The number of aryl methyl sites for hydroxylation is 2. The first-order chi connectivity index (χ1) is 41.2. The molecular formula is C63H75BrK2N4O17S2. The Hall–Kier alpha value is -5.28. The van der Waals surface area contributed by atoms with Gasteiger partial charge in [-0.25, -0.2) is 16.8 Å². The van der Waals surface area contributed by atoms with Gasteiger partial charge in [-0.05, 0) is 125 Å². The van der Waals surface area contributed by atoms with Gasteiger partial charge in [0.25, 0.3) is 26.5 Å². The van der Waals surface area contributed by atoms with E-state index >= 15 is 0 Å². The predicted molar refractivity (Wildman–Crippen MR) is 338 cm³/mol. The molecule has 0 amide bonds. The SMILES string of the molecule is C#CCN(c1ccc(N(CC(=O)OC)S(=O)(=O)c2c(C)cc(OC)c(C)c2C)c2ccccc12)[C@@H](C)CC(=O)OC.C#CCN(c1ccc(NS(=O)(=O)c2c(C)cc(OC)c(C)c2C)c2ccccc12)[C@@H](C)CC(=O)OC.COC(=O)CBr.O=CO[O-].[H-].[K+].[K+]. The molecule has 6 aromatic carbocycles. The van der Waals surface area contributed by atoms with Gasteiger partial charge >= 0.3 is 127 Å². The molecule has 0 bridgehead atoms. The zero-order valence-electron chi connectivity index (χ0n) is 54.2. The first-order valence-corrected chi connectivity index (χ1v) is 30.6. The second kappa shape index (κ2) is 39.2. The summed E-state index contributed by atoms with van der Waals surface area (Å²) in [7, 11) is 0.164. The number of rotatable bonds is 22. The number of ether oxygens (including phenoxy) is 6. The number of fused-ring (bicyclic) bond motifs is 2. The van der Waals surface area contributed by atoms with Crippen molar-refractivity contribution in [1.29, 1.82) is 0 Å². The van der Waals surface area contributed by atoms with Gasteiger partial charge in [0.05, 0.1) is 89.8 Å². The number of benzene rings is 6. The smallest absolute Gasteiger partial charge is 1.00 e. The Bertz CT molecular complexity index is 3770. The molecule has 0 unspecified atom stereocenters. The Morgan fingerprint density at radius 1 is 0.596 bits per heavy atom. The largest absolute Gasteiger partial charge is 1.00 e. The monoisotopic (exact) mass is 1380 g/mol. The van der Waals surface area contributed by atoms with Crippen LogP contribution in [-0.2, 0) is 67.9 Å². The van der Waals surface area contributed by atoms with Crippen LogP contribution in [0.3, 0.4) is 0 Å². The summed E-state index contributed by atoms with van der Waals surface area (Å²) >= 11 is 2.90. The molecule has 0 saturated carbocycles. The third kappa shape index (κ3) is 21.4. The van der Waals surface area contributed by atoms with E-state index in [2.05, 4.69) is 42.1 Å². The molecule has 6 aromatic rings. The van der Waals surface area contributed by atoms with Gasteiger partial charge in [-0.1, -0.05) is 76.3 Å². The topological polar surface area (TPSA) is 263 Å². The average molecular weight is 1380 g/mol. The molecule has 26 heteroatoms. The Labute approximate surface area is 617 Å². The molecule has 0 spiro atoms. The van der Waals surface area contributed by atoms with Crippen LogP contribution in [0.1, 0.15) is 61.5 Å². The van der Waals surface area contributed by atoms with Crippen molar-refractivity contribution in [2.45, 2.75) is 90.1 Å². The first-order valence-electron chi connectivity index (χ1n) is 26.5. The number of nitrogens with zero attached hydrogens (tertiary/aromatic N) is 3. The van der Waals surface area contributed by atoms with E-state index in [1.165, 1.54) is 35.5 Å². The number of methoxy groups -OCH3 is 6. The van der Waals surface area contributed by atoms with E-state index in [0.717, 1.165) is 20.9 Å². The van der Waals surface area contributed by atoms with Crippen molar-refractivity contribution >= 4 is 111 Å². The van der Waals surface area contributed by atoms with Gasteiger partial charge in [-0.3, -0.25) is 33.0 Å². The van der Waals surface area contributed by atoms with E-state index in [1.807, 2.05) is 73.0 Å². The van der Waals surface area contributed by atoms with Crippen molar-refractivity contribution in [2.24, 2.45) is 0 Å². The van der Waals surface area contributed by atoms with Gasteiger partial charge in [0.1, 0.15) is 23.4 Å². The third-order valence-corrected chi connectivity index (χ3v) is 18.1. The van der Waals surface area contributed by atoms with Crippen LogP contribution in [0, 0.1) is 66.2 Å². The molecule has 470 valence electrons. The second-order valence-corrected chi connectivity index (χ2v) is 23.3. The molecule has 0 aliphatic rings. The van der Waals surface area contributed by atoms with Gasteiger partial charge < -0.3 is 49.8 Å². The third-order valence-electron chi connectivity index (χ3n) is 14.0. The molecule has 89 heavy (non-hydrogen) atoms. The number of esters is 4. The summed E-state index contributed by atoms with van der Waals surface area (Å²) in [6.45, 7) is 14.1. The van der Waals surface area contributed by atoms with E-state index in [0.29, 0.717) is 72.5 Å². The summed E-state index contributed by atoms with van der Waals surface area (Å²) in [5, 5.41) is 11.5. The van der Waals surface area contributed by atoms with E-state index in [1.54, 1.807) is 84.2 Å². The van der Waals surface area contributed by atoms with Gasteiger partial charge in [0.2, 0.25) is 0 Å². The van der Waals surface area contributed by atoms with Crippen molar-refractivity contribution < 1.29 is 184 Å². The maximum Gasteiger partial charge on any atom is 1.00 e. The fraction of sp³-hybridized carbons (Fsp3) is 0.349. The number of alkyl halides is 1. The minimum absolute atomic E-state index is 0. The molecule has 6 rings (SSSR count). The van der Waals surface area contributed by atoms with Crippen LogP contribution in [0.5, 0.6) is 11.5 Å². The summed E-state index contributed by atoms with van der Waals surface area (Å²) in [6, 6.07) is 24.6. The summed E-state index contributed by atoms with van der Waals surface area (Å²) < 4.78 is 89.4. The average Bonchev–Trinajstić information content (AvgIpc) is 0.793. The minimum atomic E-state index is -4.27. The Kier molecular flexibility index (Phi) is 36.0. The second-order valence-electron chi connectivity index (χ2n) is 19.3. The number of terminal acetylenes is 2. The normalized spacial score (nSPS) is 11.1. The molecule has 21 nitrogen and oxygen atoms in total. The van der Waals surface area contributed by atoms with Crippen LogP contribution in [-0.4, -0.2) is 127 Å². The fourth-order valence-electron chi connectivity index (χ4n) is 9.50. The fourth-order valence-corrected chi connectivity index (χ4v) is 13.3. The summed E-state index contributed by atoms with van der Waals surface area (Å²) in [6.07, 6.45) is 11.6. The van der Waals surface area contributed by atoms with Crippen molar-refractivity contribution in [2.75, 3.05) is 86.5 Å². The Morgan fingerprint density at radius 3 is 1.35 bits per heavy atom. The number of hydrogen-bond acceptors (Lipinski definition) is 19. The van der Waals surface area contributed by atoms with E-state index in [9.17, 15) is 36.0 Å². The van der Waals surface area contributed by atoms with Crippen LogP contribution in [0.4, 0.5) is 22.7 Å². The number of hydrogen-bond donors (Lipinski definition) is 1. The number of carbonyl (C=O) groups is 5. The first kappa shape index (κ1) is 81.7. The number of halogens is 1. The zero-order valence-corrected chi connectivity index (χ0v) is 62.7. The minimum Gasteiger partial charge on any atom is -1.00 e. The van der Waals surface area contributed by atoms with E-state index in [-0.39, 0.29) is 182 Å². The quantitative estimate of drug-likeness (QED) is 0.0150. The summed E-state index contributed by atoms with van der Waals surface area (Å²) in [4.78, 5) is 61.9. The van der Waals surface area contributed by atoms with Crippen LogP contribution >= 0.6 is 15.9 Å². The predicted octanol–water partition coefficient (Wildman–Crippen LogP) is 2.61. The molecule has 0 radical (unpaired) electrons.